The van der Waals surface area contributed by atoms with Gasteiger partial charge in [-0.1, -0.05) is 19.9 Å². The maximum Gasteiger partial charge on any atom is 0.257 e. The van der Waals surface area contributed by atoms with Crippen molar-refractivity contribution in [2.75, 3.05) is 13.2 Å². The van der Waals surface area contributed by atoms with E-state index >= 15 is 0 Å². The Bertz CT molecular complexity index is 537. The third-order valence-electron chi connectivity index (χ3n) is 3.62. The number of aryl methyl sites for hydroxylation is 1. The number of nitrogens with one attached hydrogen (secondary N) is 1. The van der Waals surface area contributed by atoms with Crippen LogP contribution in [0.25, 0.3) is 0 Å². The van der Waals surface area contributed by atoms with Crippen molar-refractivity contribution >= 4 is 11.7 Å². The molecule has 1 aromatic rings. The van der Waals surface area contributed by atoms with Gasteiger partial charge in [-0.25, -0.2) is 0 Å². The quantitative estimate of drug-likeness (QED) is 0.898. The van der Waals surface area contributed by atoms with Gasteiger partial charge in [0.25, 0.3) is 5.91 Å². The van der Waals surface area contributed by atoms with Gasteiger partial charge >= 0.3 is 0 Å². The van der Waals surface area contributed by atoms with Gasteiger partial charge in [0.05, 0.1) is 5.56 Å². The molecule has 0 heterocycles. The number of Topliss-reactive ketones (excluding diaryl/α,β-unsaturated/α-hetero) is 1. The third-order valence-corrected chi connectivity index (χ3v) is 3.62. The van der Waals surface area contributed by atoms with E-state index < -0.39 is 0 Å². The summed E-state index contributed by atoms with van der Waals surface area (Å²) in [6, 6.07) is 3.74. The van der Waals surface area contributed by atoms with E-state index in [1.807, 2.05) is 19.9 Å². The molecule has 1 atom stereocenters. The fourth-order valence-corrected chi connectivity index (χ4v) is 2.69. The molecule has 1 N–H and O–H groups in total. The van der Waals surface area contributed by atoms with Gasteiger partial charge in [0.1, 0.15) is 5.75 Å². The summed E-state index contributed by atoms with van der Waals surface area (Å²) in [6.45, 7) is 6.65. The smallest absolute Gasteiger partial charge is 0.257 e. The molecule has 0 radical (unpaired) electrons. The summed E-state index contributed by atoms with van der Waals surface area (Å²) >= 11 is 0. The number of carbonyl (C=O) groups is 2. The Balaban J connectivity index is 2.14. The number of amides is 1. The summed E-state index contributed by atoms with van der Waals surface area (Å²) in [5.41, 5.74) is 2.85. The average molecular weight is 275 g/mol. The maximum atomic E-state index is 12.1. The summed E-state index contributed by atoms with van der Waals surface area (Å²) in [6.07, 6.45) is 1.42. The number of rotatable bonds is 5. The lowest BCUT2D eigenvalue weighted by molar-refractivity contribution is -0.123. The molecule has 4 heteroatoms. The van der Waals surface area contributed by atoms with Crippen molar-refractivity contribution in [3.8, 4) is 5.75 Å². The fourth-order valence-electron chi connectivity index (χ4n) is 2.69. The predicted octanol–water partition coefficient (Wildman–Crippen LogP) is 2.59. The molecule has 0 saturated heterocycles. The lowest BCUT2D eigenvalue weighted by Gasteiger charge is -2.13. The van der Waals surface area contributed by atoms with E-state index in [0.29, 0.717) is 24.3 Å². The highest BCUT2D eigenvalue weighted by atomic mass is 16.5. The lowest BCUT2D eigenvalue weighted by atomic mass is 9.97. The van der Waals surface area contributed by atoms with Crippen LogP contribution in [0, 0.1) is 6.92 Å². The van der Waals surface area contributed by atoms with Gasteiger partial charge in [-0.05, 0) is 36.5 Å². The number of ketones is 1. The van der Waals surface area contributed by atoms with E-state index in [-0.39, 0.29) is 24.2 Å². The Hall–Kier alpha value is -1.84. The zero-order chi connectivity index (χ0) is 14.7. The summed E-state index contributed by atoms with van der Waals surface area (Å²) in [4.78, 5) is 23.7. The molecule has 2 rings (SSSR count). The van der Waals surface area contributed by atoms with Crippen molar-refractivity contribution in [2.24, 2.45) is 0 Å². The monoisotopic (exact) mass is 275 g/mol. The van der Waals surface area contributed by atoms with Gasteiger partial charge in [-0.15, -0.1) is 0 Å². The fraction of sp³-hybridized carbons (Fsp3) is 0.500. The Morgan fingerprint density at radius 3 is 2.90 bits per heavy atom. The van der Waals surface area contributed by atoms with E-state index in [1.54, 1.807) is 6.07 Å². The Kier molecular flexibility index (Phi) is 4.42. The second kappa shape index (κ2) is 6.07. The van der Waals surface area contributed by atoms with Gasteiger partial charge in [-0.2, -0.15) is 0 Å². The van der Waals surface area contributed by atoms with E-state index in [0.717, 1.165) is 17.5 Å². The molecule has 20 heavy (non-hydrogen) atoms. The molecule has 108 valence electrons. The van der Waals surface area contributed by atoms with Crippen molar-refractivity contribution < 1.29 is 14.3 Å². The van der Waals surface area contributed by atoms with Crippen molar-refractivity contribution in [1.82, 2.24) is 5.32 Å². The van der Waals surface area contributed by atoms with Crippen LogP contribution in [0.4, 0.5) is 0 Å². The Morgan fingerprint density at radius 2 is 2.20 bits per heavy atom. The van der Waals surface area contributed by atoms with Crippen molar-refractivity contribution in [1.29, 1.82) is 0 Å². The minimum Gasteiger partial charge on any atom is -0.483 e. The normalized spacial score (nSPS) is 16.9. The first-order valence-corrected chi connectivity index (χ1v) is 7.10. The highest BCUT2D eigenvalue weighted by Crippen LogP contribution is 2.40. The zero-order valence-electron chi connectivity index (χ0n) is 12.3. The van der Waals surface area contributed by atoms with Crippen LogP contribution in [0.15, 0.2) is 12.1 Å². The number of carbonyl (C=O) groups excluding carboxylic acids is 2. The van der Waals surface area contributed by atoms with Gasteiger partial charge in [0, 0.05) is 13.0 Å². The van der Waals surface area contributed by atoms with E-state index in [4.69, 9.17) is 4.74 Å². The van der Waals surface area contributed by atoms with Crippen LogP contribution in [0.3, 0.4) is 0 Å². The van der Waals surface area contributed by atoms with Crippen LogP contribution in [0.5, 0.6) is 5.75 Å². The van der Waals surface area contributed by atoms with Crippen LogP contribution in [-0.2, 0) is 4.79 Å². The Labute approximate surface area is 119 Å². The first-order chi connectivity index (χ1) is 9.54. The molecule has 4 nitrogen and oxygen atoms in total. The molecule has 1 aliphatic carbocycles. The van der Waals surface area contributed by atoms with Crippen molar-refractivity contribution in [3.05, 3.63) is 28.8 Å². The maximum absolute atomic E-state index is 12.1. The van der Waals surface area contributed by atoms with Crippen molar-refractivity contribution in [2.45, 2.75) is 39.5 Å². The molecule has 0 spiro atoms. The number of hydrogen-bond donors (Lipinski definition) is 1. The van der Waals surface area contributed by atoms with E-state index in [9.17, 15) is 9.59 Å². The zero-order valence-corrected chi connectivity index (χ0v) is 12.3. The van der Waals surface area contributed by atoms with Crippen molar-refractivity contribution in [3.63, 3.8) is 0 Å². The second-order valence-electron chi connectivity index (χ2n) is 5.34. The summed E-state index contributed by atoms with van der Waals surface area (Å²) in [5.74, 6) is 0.724. The average Bonchev–Trinajstić information content (AvgIpc) is 2.72. The molecule has 0 aliphatic heterocycles. The first-order valence-electron chi connectivity index (χ1n) is 7.10. The van der Waals surface area contributed by atoms with Crippen LogP contribution >= 0.6 is 0 Å². The minimum absolute atomic E-state index is 0.0445. The van der Waals surface area contributed by atoms with E-state index in [1.165, 1.54) is 0 Å². The molecule has 0 saturated carbocycles. The van der Waals surface area contributed by atoms with Gasteiger partial charge < -0.3 is 10.1 Å². The third kappa shape index (κ3) is 2.84. The number of ether oxygens (including phenoxy) is 1. The topological polar surface area (TPSA) is 55.4 Å². The molecular formula is C16H21NO3. The first kappa shape index (κ1) is 14.6. The molecule has 1 amide bonds. The highest BCUT2D eigenvalue weighted by Gasteiger charge is 2.31. The summed E-state index contributed by atoms with van der Waals surface area (Å²) in [7, 11) is 0. The van der Waals surface area contributed by atoms with Crippen LogP contribution in [0.1, 0.15) is 54.1 Å². The second-order valence-corrected chi connectivity index (χ2v) is 5.34. The van der Waals surface area contributed by atoms with Crippen LogP contribution in [-0.4, -0.2) is 24.8 Å². The minimum atomic E-state index is -0.153. The van der Waals surface area contributed by atoms with Gasteiger partial charge in [0.2, 0.25) is 0 Å². The molecule has 0 bridgehead atoms. The molecule has 1 aromatic carbocycles. The predicted molar refractivity (Wildman–Crippen MR) is 77.3 cm³/mol. The van der Waals surface area contributed by atoms with Gasteiger partial charge in [0.15, 0.2) is 12.4 Å². The van der Waals surface area contributed by atoms with Gasteiger partial charge in [-0.3, -0.25) is 9.59 Å². The lowest BCUT2D eigenvalue weighted by Crippen LogP contribution is -2.29. The molecule has 1 aliphatic rings. The standard InChI is InChI=1S/C16H21NO3/c1-4-7-17-14(19)9-20-13-6-5-10(2)15-11(3)8-12(18)16(13)15/h5-6,11H,4,7-9H2,1-3H3,(H,17,19)/t11-/m1/s1. The number of hydrogen-bond acceptors (Lipinski definition) is 3. The van der Waals surface area contributed by atoms with Crippen LogP contribution < -0.4 is 10.1 Å². The van der Waals surface area contributed by atoms with E-state index in [2.05, 4.69) is 12.2 Å². The molecule has 0 fully saturated rings. The molecular weight excluding hydrogens is 254 g/mol. The summed E-state index contributed by atoms with van der Waals surface area (Å²) < 4.78 is 5.55. The Morgan fingerprint density at radius 1 is 1.45 bits per heavy atom. The molecule has 0 aromatic heterocycles. The molecule has 0 unspecified atom stereocenters. The number of fused-ring (bicyclic) bond motifs is 1. The largest absolute Gasteiger partial charge is 0.483 e. The van der Waals surface area contributed by atoms with Crippen LogP contribution in [0.2, 0.25) is 0 Å². The SMILES string of the molecule is CCCNC(=O)COc1ccc(C)c2c1C(=O)C[C@H]2C. The number of benzene rings is 1. The highest BCUT2D eigenvalue weighted by molar-refractivity contribution is 6.04. The summed E-state index contributed by atoms with van der Waals surface area (Å²) in [5, 5.41) is 2.75.